The molecular formula is C12H21ClO2. The standard InChI is InChI=1S/C12H21ClO2/c1-11(2)9(4-5-13)8-10(11)12(3)14-6-7-15-12/h9-10H,4-8H2,1-3H3. The lowest BCUT2D eigenvalue weighted by atomic mass is 9.51. The number of alkyl halides is 1. The summed E-state index contributed by atoms with van der Waals surface area (Å²) in [5, 5.41) is 0. The molecule has 0 bridgehead atoms. The Kier molecular flexibility index (Phi) is 3.04. The molecule has 1 aliphatic heterocycles. The Labute approximate surface area is 97.3 Å². The van der Waals surface area contributed by atoms with E-state index in [1.807, 2.05) is 0 Å². The van der Waals surface area contributed by atoms with Crippen LogP contribution in [0.2, 0.25) is 0 Å². The van der Waals surface area contributed by atoms with E-state index in [2.05, 4.69) is 20.8 Å². The highest BCUT2D eigenvalue weighted by molar-refractivity contribution is 6.17. The van der Waals surface area contributed by atoms with Gasteiger partial charge < -0.3 is 9.47 Å². The molecule has 0 aromatic heterocycles. The Morgan fingerprint density at radius 1 is 1.20 bits per heavy atom. The van der Waals surface area contributed by atoms with Crippen molar-refractivity contribution in [3.05, 3.63) is 0 Å². The van der Waals surface area contributed by atoms with Crippen LogP contribution < -0.4 is 0 Å². The number of hydrogen-bond donors (Lipinski definition) is 0. The number of ether oxygens (including phenoxy) is 2. The third-order valence-corrected chi connectivity index (χ3v) is 4.64. The molecule has 1 heterocycles. The molecule has 15 heavy (non-hydrogen) atoms. The first-order valence-electron chi connectivity index (χ1n) is 5.84. The first-order valence-corrected chi connectivity index (χ1v) is 6.38. The molecule has 3 heteroatoms. The molecule has 0 amide bonds. The van der Waals surface area contributed by atoms with E-state index < -0.39 is 0 Å². The Hall–Kier alpha value is 0.210. The van der Waals surface area contributed by atoms with Crippen molar-refractivity contribution >= 4 is 11.6 Å². The molecule has 0 aromatic rings. The van der Waals surface area contributed by atoms with E-state index in [0.29, 0.717) is 11.3 Å². The smallest absolute Gasteiger partial charge is 0.169 e. The van der Waals surface area contributed by atoms with Gasteiger partial charge in [0.1, 0.15) is 0 Å². The van der Waals surface area contributed by atoms with E-state index in [9.17, 15) is 0 Å². The van der Waals surface area contributed by atoms with Gasteiger partial charge in [-0.3, -0.25) is 0 Å². The zero-order valence-corrected chi connectivity index (χ0v) is 10.6. The SMILES string of the molecule is CC1(C2CC(CCCl)C2(C)C)OCCO1. The molecule has 2 nitrogen and oxygen atoms in total. The minimum atomic E-state index is -0.341. The summed E-state index contributed by atoms with van der Waals surface area (Å²) < 4.78 is 11.5. The van der Waals surface area contributed by atoms with Gasteiger partial charge in [0.2, 0.25) is 0 Å². The van der Waals surface area contributed by atoms with Crippen molar-refractivity contribution < 1.29 is 9.47 Å². The Morgan fingerprint density at radius 3 is 2.27 bits per heavy atom. The van der Waals surface area contributed by atoms with Crippen LogP contribution in [0.15, 0.2) is 0 Å². The normalized spacial score (nSPS) is 37.6. The number of halogens is 1. The molecule has 2 aliphatic rings. The third kappa shape index (κ3) is 1.81. The van der Waals surface area contributed by atoms with Gasteiger partial charge in [0.05, 0.1) is 13.2 Å². The molecule has 2 atom stereocenters. The Morgan fingerprint density at radius 2 is 1.80 bits per heavy atom. The Bertz CT molecular complexity index is 234. The van der Waals surface area contributed by atoms with Crippen molar-refractivity contribution in [3.8, 4) is 0 Å². The van der Waals surface area contributed by atoms with Crippen molar-refractivity contribution in [1.29, 1.82) is 0 Å². The summed E-state index contributed by atoms with van der Waals surface area (Å²) in [5.41, 5.74) is 0.300. The first-order chi connectivity index (χ1) is 7.00. The van der Waals surface area contributed by atoms with Crippen molar-refractivity contribution in [3.63, 3.8) is 0 Å². The lowest BCUT2D eigenvalue weighted by Gasteiger charge is -2.57. The van der Waals surface area contributed by atoms with Crippen molar-refractivity contribution in [1.82, 2.24) is 0 Å². The van der Waals surface area contributed by atoms with Crippen LogP contribution in [0.25, 0.3) is 0 Å². The first kappa shape index (κ1) is 11.7. The fourth-order valence-corrected chi connectivity index (χ4v) is 3.52. The van der Waals surface area contributed by atoms with E-state index in [-0.39, 0.29) is 5.79 Å². The van der Waals surface area contributed by atoms with Crippen molar-refractivity contribution in [2.75, 3.05) is 19.1 Å². The molecule has 0 radical (unpaired) electrons. The van der Waals surface area contributed by atoms with Crippen LogP contribution >= 0.6 is 11.6 Å². The summed E-state index contributed by atoms with van der Waals surface area (Å²) in [6, 6.07) is 0. The quantitative estimate of drug-likeness (QED) is 0.697. The topological polar surface area (TPSA) is 18.5 Å². The minimum Gasteiger partial charge on any atom is -0.348 e. The molecular weight excluding hydrogens is 212 g/mol. The van der Waals surface area contributed by atoms with Gasteiger partial charge in [0, 0.05) is 11.8 Å². The second kappa shape index (κ2) is 3.90. The Balaban J connectivity index is 2.02. The third-order valence-electron chi connectivity index (χ3n) is 4.42. The highest BCUT2D eigenvalue weighted by Crippen LogP contribution is 2.58. The van der Waals surface area contributed by atoms with Crippen LogP contribution in [0.5, 0.6) is 0 Å². The molecule has 1 aliphatic carbocycles. The summed E-state index contributed by atoms with van der Waals surface area (Å²) in [6.45, 7) is 8.19. The maximum atomic E-state index is 5.82. The van der Waals surface area contributed by atoms with Gasteiger partial charge in [-0.1, -0.05) is 13.8 Å². The summed E-state index contributed by atoms with van der Waals surface area (Å²) in [7, 11) is 0. The molecule has 0 aromatic carbocycles. The maximum Gasteiger partial charge on any atom is 0.169 e. The average Bonchev–Trinajstić information content (AvgIpc) is 2.59. The molecule has 0 spiro atoms. The van der Waals surface area contributed by atoms with E-state index in [1.165, 1.54) is 6.42 Å². The molecule has 1 saturated carbocycles. The van der Waals surface area contributed by atoms with Crippen LogP contribution in [-0.2, 0) is 9.47 Å². The summed E-state index contributed by atoms with van der Waals surface area (Å²) in [5.74, 6) is 1.66. The highest BCUT2D eigenvalue weighted by Gasteiger charge is 2.57. The highest BCUT2D eigenvalue weighted by atomic mass is 35.5. The second-order valence-corrected chi connectivity index (χ2v) is 5.88. The summed E-state index contributed by atoms with van der Waals surface area (Å²) >= 11 is 5.82. The predicted octanol–water partition coefficient (Wildman–Crippen LogP) is 3.04. The maximum absolute atomic E-state index is 5.82. The van der Waals surface area contributed by atoms with Crippen LogP contribution in [0, 0.1) is 17.3 Å². The molecule has 88 valence electrons. The van der Waals surface area contributed by atoms with E-state index >= 15 is 0 Å². The van der Waals surface area contributed by atoms with Gasteiger partial charge in [0.15, 0.2) is 5.79 Å². The fraction of sp³-hybridized carbons (Fsp3) is 1.00. The van der Waals surface area contributed by atoms with Crippen molar-refractivity contribution in [2.24, 2.45) is 17.3 Å². The van der Waals surface area contributed by atoms with Gasteiger partial charge >= 0.3 is 0 Å². The predicted molar refractivity (Wildman–Crippen MR) is 61.0 cm³/mol. The largest absolute Gasteiger partial charge is 0.348 e. The van der Waals surface area contributed by atoms with Crippen LogP contribution in [0.1, 0.15) is 33.6 Å². The van der Waals surface area contributed by atoms with Gasteiger partial charge in [-0.2, -0.15) is 0 Å². The van der Waals surface area contributed by atoms with E-state index in [1.54, 1.807) is 0 Å². The summed E-state index contributed by atoms with van der Waals surface area (Å²) in [4.78, 5) is 0. The van der Waals surface area contributed by atoms with E-state index in [4.69, 9.17) is 21.1 Å². The molecule has 2 fully saturated rings. The molecule has 0 N–H and O–H groups in total. The van der Waals surface area contributed by atoms with Crippen molar-refractivity contribution in [2.45, 2.75) is 39.4 Å². The minimum absolute atomic E-state index is 0.300. The zero-order chi connectivity index (χ0) is 11.1. The van der Waals surface area contributed by atoms with Gasteiger partial charge in [-0.05, 0) is 31.1 Å². The number of hydrogen-bond acceptors (Lipinski definition) is 2. The lowest BCUT2D eigenvalue weighted by molar-refractivity contribution is -0.253. The monoisotopic (exact) mass is 232 g/mol. The van der Waals surface area contributed by atoms with Gasteiger partial charge in [-0.25, -0.2) is 0 Å². The van der Waals surface area contributed by atoms with E-state index in [0.717, 1.165) is 31.4 Å². The fourth-order valence-electron chi connectivity index (χ4n) is 3.26. The average molecular weight is 233 g/mol. The molecule has 1 saturated heterocycles. The van der Waals surface area contributed by atoms with Crippen LogP contribution in [0.4, 0.5) is 0 Å². The molecule has 2 rings (SSSR count). The number of rotatable bonds is 3. The zero-order valence-electron chi connectivity index (χ0n) is 9.88. The molecule has 2 unspecified atom stereocenters. The lowest BCUT2D eigenvalue weighted by Crippen LogP contribution is -2.56. The van der Waals surface area contributed by atoms with Crippen LogP contribution in [0.3, 0.4) is 0 Å². The second-order valence-electron chi connectivity index (χ2n) is 5.50. The van der Waals surface area contributed by atoms with Gasteiger partial charge in [-0.15, -0.1) is 11.6 Å². The van der Waals surface area contributed by atoms with Crippen LogP contribution in [-0.4, -0.2) is 24.9 Å². The van der Waals surface area contributed by atoms with Gasteiger partial charge in [0.25, 0.3) is 0 Å². The summed E-state index contributed by atoms with van der Waals surface area (Å²) in [6.07, 6.45) is 2.30.